The molecule has 0 spiro atoms. The largest absolute Gasteiger partial charge is 0.497 e. The average molecular weight is 389 g/mol. The highest BCUT2D eigenvalue weighted by Crippen LogP contribution is 2.32. The molecule has 1 aliphatic rings. The number of carbonyl (C=O) groups is 2. The Bertz CT molecular complexity index is 1050. The van der Waals surface area contributed by atoms with Crippen LogP contribution in [0.15, 0.2) is 54.6 Å². The minimum absolute atomic E-state index is 0.287. The summed E-state index contributed by atoms with van der Waals surface area (Å²) in [4.78, 5) is 24.6. The second kappa shape index (κ2) is 8.35. The van der Waals surface area contributed by atoms with Gasteiger partial charge in [-0.25, -0.2) is 4.79 Å². The summed E-state index contributed by atoms with van der Waals surface area (Å²) in [5, 5.41) is 4.85. The van der Waals surface area contributed by atoms with Gasteiger partial charge in [-0.15, -0.1) is 0 Å². The zero-order valence-corrected chi connectivity index (χ0v) is 16.4. The molecule has 0 saturated carbocycles. The lowest BCUT2D eigenvalue weighted by Gasteiger charge is -2.10. The Kier molecular flexibility index (Phi) is 5.47. The van der Waals surface area contributed by atoms with Gasteiger partial charge < -0.3 is 14.8 Å². The van der Waals surface area contributed by atoms with Crippen molar-refractivity contribution in [2.75, 3.05) is 20.3 Å². The fraction of sp³-hybridized carbons (Fsp3) is 0.250. The molecule has 0 saturated heterocycles. The molecule has 0 aliphatic heterocycles. The van der Waals surface area contributed by atoms with Crippen LogP contribution in [0.2, 0.25) is 0 Å². The molecule has 29 heavy (non-hydrogen) atoms. The van der Waals surface area contributed by atoms with Crippen LogP contribution in [0.3, 0.4) is 0 Å². The molecule has 0 radical (unpaired) electrons. The third-order valence-corrected chi connectivity index (χ3v) is 5.33. The highest BCUT2D eigenvalue weighted by molar-refractivity contribution is 6.07. The van der Waals surface area contributed by atoms with E-state index in [0.29, 0.717) is 18.5 Å². The summed E-state index contributed by atoms with van der Waals surface area (Å²) in [6.07, 6.45) is 2.70. The van der Waals surface area contributed by atoms with Crippen molar-refractivity contribution in [2.45, 2.75) is 19.3 Å². The van der Waals surface area contributed by atoms with Crippen LogP contribution in [0, 0.1) is 0 Å². The number of amides is 1. The molecule has 0 fully saturated rings. The molecule has 1 aliphatic carbocycles. The van der Waals surface area contributed by atoms with Gasteiger partial charge in [0.15, 0.2) is 6.61 Å². The molecular weight excluding hydrogens is 366 g/mol. The lowest BCUT2D eigenvalue weighted by molar-refractivity contribution is -0.124. The van der Waals surface area contributed by atoms with Gasteiger partial charge in [-0.2, -0.15) is 0 Å². The highest BCUT2D eigenvalue weighted by atomic mass is 16.5. The number of nitrogens with one attached hydrogen (secondary N) is 1. The zero-order valence-electron chi connectivity index (χ0n) is 16.4. The number of esters is 1. The maximum atomic E-state index is 12.5. The Morgan fingerprint density at radius 3 is 2.48 bits per heavy atom. The Hall–Kier alpha value is -3.34. The van der Waals surface area contributed by atoms with Gasteiger partial charge in [0.1, 0.15) is 5.75 Å². The van der Waals surface area contributed by atoms with Crippen molar-refractivity contribution in [3.8, 4) is 5.75 Å². The topological polar surface area (TPSA) is 64.6 Å². The first kappa shape index (κ1) is 19.0. The maximum Gasteiger partial charge on any atom is 0.339 e. The van der Waals surface area contributed by atoms with Crippen molar-refractivity contribution >= 4 is 22.6 Å². The Morgan fingerprint density at radius 1 is 0.966 bits per heavy atom. The summed E-state index contributed by atoms with van der Waals surface area (Å²) < 4.78 is 10.4. The monoisotopic (exact) mass is 389 g/mol. The summed E-state index contributed by atoms with van der Waals surface area (Å²) in [5.74, 6) is 0.0245. The lowest BCUT2D eigenvalue weighted by atomic mass is 10.00. The van der Waals surface area contributed by atoms with Crippen LogP contribution in [-0.2, 0) is 28.8 Å². The summed E-state index contributed by atoms with van der Waals surface area (Å²) >= 11 is 0. The SMILES string of the molecule is COc1ccc(CCNC(=O)COC(=O)c2ccc3c4c(cccc24)CC3)cc1. The van der Waals surface area contributed by atoms with E-state index in [-0.39, 0.29) is 12.5 Å². The van der Waals surface area contributed by atoms with E-state index in [1.807, 2.05) is 42.5 Å². The van der Waals surface area contributed by atoms with Crippen LogP contribution in [0.4, 0.5) is 0 Å². The lowest BCUT2D eigenvalue weighted by Crippen LogP contribution is -2.30. The molecular formula is C24H23NO4. The number of benzene rings is 3. The van der Waals surface area contributed by atoms with Crippen LogP contribution in [0.1, 0.15) is 27.0 Å². The van der Waals surface area contributed by atoms with Gasteiger partial charge in [0.2, 0.25) is 0 Å². The minimum atomic E-state index is -0.467. The quantitative estimate of drug-likeness (QED) is 0.629. The van der Waals surface area contributed by atoms with E-state index in [2.05, 4.69) is 11.4 Å². The first-order valence-electron chi connectivity index (χ1n) is 9.76. The molecule has 5 heteroatoms. The smallest absolute Gasteiger partial charge is 0.339 e. The predicted molar refractivity (Wildman–Crippen MR) is 111 cm³/mol. The first-order chi connectivity index (χ1) is 14.2. The van der Waals surface area contributed by atoms with E-state index in [0.717, 1.165) is 34.9 Å². The third kappa shape index (κ3) is 4.09. The molecule has 0 aromatic heterocycles. The summed E-state index contributed by atoms with van der Waals surface area (Å²) in [5.41, 5.74) is 4.14. The molecule has 0 unspecified atom stereocenters. The number of aryl methyl sites for hydroxylation is 2. The molecule has 148 valence electrons. The molecule has 5 nitrogen and oxygen atoms in total. The van der Waals surface area contributed by atoms with E-state index in [1.54, 1.807) is 13.2 Å². The van der Waals surface area contributed by atoms with E-state index < -0.39 is 5.97 Å². The first-order valence-corrected chi connectivity index (χ1v) is 9.76. The Labute approximate surface area is 169 Å². The standard InChI is InChI=1S/C24H23NO4/c1-28-19-10-5-16(6-11-19)13-14-25-22(26)15-29-24(27)21-12-9-18-8-7-17-3-2-4-20(21)23(17)18/h2-6,9-12H,7-8,13-15H2,1H3,(H,25,26). The second-order valence-electron chi connectivity index (χ2n) is 7.14. The predicted octanol–water partition coefficient (Wildman–Crippen LogP) is 3.46. The number of rotatable bonds is 7. The van der Waals surface area contributed by atoms with Gasteiger partial charge in [0.05, 0.1) is 12.7 Å². The molecule has 3 aromatic carbocycles. The molecule has 0 heterocycles. The summed E-state index contributed by atoms with van der Waals surface area (Å²) in [6, 6.07) is 17.5. The van der Waals surface area contributed by atoms with E-state index >= 15 is 0 Å². The van der Waals surface area contributed by atoms with Crippen LogP contribution in [0.5, 0.6) is 5.75 Å². The molecule has 4 rings (SSSR count). The normalized spacial score (nSPS) is 12.0. The highest BCUT2D eigenvalue weighted by Gasteiger charge is 2.19. The Morgan fingerprint density at radius 2 is 1.72 bits per heavy atom. The molecule has 0 atom stereocenters. The molecule has 0 bridgehead atoms. The molecule has 3 aromatic rings. The van der Waals surface area contributed by atoms with Crippen LogP contribution >= 0.6 is 0 Å². The van der Waals surface area contributed by atoms with Gasteiger partial charge in [-0.1, -0.05) is 36.4 Å². The van der Waals surface area contributed by atoms with Crippen molar-refractivity contribution in [1.29, 1.82) is 0 Å². The van der Waals surface area contributed by atoms with Gasteiger partial charge in [-0.05, 0) is 64.9 Å². The van der Waals surface area contributed by atoms with E-state index in [4.69, 9.17) is 9.47 Å². The van der Waals surface area contributed by atoms with Crippen molar-refractivity contribution in [2.24, 2.45) is 0 Å². The van der Waals surface area contributed by atoms with Crippen molar-refractivity contribution in [1.82, 2.24) is 5.32 Å². The third-order valence-electron chi connectivity index (χ3n) is 5.33. The van der Waals surface area contributed by atoms with Crippen molar-refractivity contribution in [3.05, 3.63) is 76.9 Å². The van der Waals surface area contributed by atoms with Gasteiger partial charge in [-0.3, -0.25) is 4.79 Å². The Balaban J connectivity index is 1.31. The zero-order chi connectivity index (χ0) is 20.2. The summed E-state index contributed by atoms with van der Waals surface area (Å²) in [6.45, 7) is 0.189. The number of ether oxygens (including phenoxy) is 2. The van der Waals surface area contributed by atoms with E-state index in [1.165, 1.54) is 11.1 Å². The summed E-state index contributed by atoms with van der Waals surface area (Å²) in [7, 11) is 1.63. The van der Waals surface area contributed by atoms with Crippen LogP contribution < -0.4 is 10.1 Å². The minimum Gasteiger partial charge on any atom is -0.497 e. The van der Waals surface area contributed by atoms with Crippen LogP contribution in [-0.4, -0.2) is 32.1 Å². The molecule has 1 amide bonds. The van der Waals surface area contributed by atoms with E-state index in [9.17, 15) is 9.59 Å². The second-order valence-corrected chi connectivity index (χ2v) is 7.14. The van der Waals surface area contributed by atoms with Gasteiger partial charge in [0, 0.05) is 6.54 Å². The van der Waals surface area contributed by atoms with Gasteiger partial charge in [0.25, 0.3) is 5.91 Å². The van der Waals surface area contributed by atoms with Gasteiger partial charge >= 0.3 is 5.97 Å². The number of hydrogen-bond acceptors (Lipinski definition) is 4. The number of methoxy groups -OCH3 is 1. The molecule has 1 N–H and O–H groups in total. The fourth-order valence-electron chi connectivity index (χ4n) is 3.82. The fourth-order valence-corrected chi connectivity index (χ4v) is 3.82. The number of carbonyl (C=O) groups excluding carboxylic acids is 2. The average Bonchev–Trinajstić information content (AvgIpc) is 3.18. The number of hydrogen-bond donors (Lipinski definition) is 1. The van der Waals surface area contributed by atoms with Crippen molar-refractivity contribution < 1.29 is 19.1 Å². The maximum absolute atomic E-state index is 12.5. The van der Waals surface area contributed by atoms with Crippen LogP contribution in [0.25, 0.3) is 10.8 Å². The van der Waals surface area contributed by atoms with Crippen molar-refractivity contribution in [3.63, 3.8) is 0 Å².